The first kappa shape index (κ1) is 18.6. The fraction of sp³-hybridized carbons (Fsp3) is 0.211. The number of benzene rings is 1. The number of nitrogens with zero attached hydrogens (tertiary/aromatic N) is 3. The van der Waals surface area contributed by atoms with E-state index in [1.165, 1.54) is 0 Å². The molecule has 0 spiro atoms. The van der Waals surface area contributed by atoms with Gasteiger partial charge in [-0.05, 0) is 42.0 Å². The molecule has 0 saturated heterocycles. The summed E-state index contributed by atoms with van der Waals surface area (Å²) in [5.74, 6) is 0.223. The molecule has 1 unspecified atom stereocenters. The first-order valence-electron chi connectivity index (χ1n) is 8.61. The summed E-state index contributed by atoms with van der Waals surface area (Å²) in [6.45, 7) is 1.79. The van der Waals surface area contributed by atoms with Crippen molar-refractivity contribution in [3.63, 3.8) is 0 Å². The molecule has 3 heterocycles. The second-order valence-corrected chi connectivity index (χ2v) is 8.12. The Labute approximate surface area is 167 Å². The van der Waals surface area contributed by atoms with Gasteiger partial charge >= 0.3 is 6.16 Å². The zero-order valence-electron chi connectivity index (χ0n) is 15.0. The highest BCUT2D eigenvalue weighted by molar-refractivity contribution is 7.84. The molecule has 0 radical (unpaired) electrons. The predicted molar refractivity (Wildman–Crippen MR) is 108 cm³/mol. The molecule has 0 aliphatic heterocycles. The van der Waals surface area contributed by atoms with Gasteiger partial charge in [0.1, 0.15) is 0 Å². The van der Waals surface area contributed by atoms with Crippen molar-refractivity contribution in [2.24, 2.45) is 0 Å². The van der Waals surface area contributed by atoms with Crippen molar-refractivity contribution in [3.05, 3.63) is 53.7 Å². The second kappa shape index (κ2) is 8.07. The maximum absolute atomic E-state index is 13.2. The zero-order valence-corrected chi connectivity index (χ0v) is 16.7. The number of thiophene rings is 1. The SMILES string of the molecule is CCOC(=O)OCn1c(S(=O)Cc2nccc3ccsc23)nc2ccccc21. The second-order valence-electron chi connectivity index (χ2n) is 5.85. The third-order valence-corrected chi connectivity index (χ3v) is 6.34. The number of carbonyl (C=O) groups is 1. The number of hydrogen-bond acceptors (Lipinski definition) is 7. The van der Waals surface area contributed by atoms with E-state index >= 15 is 0 Å². The van der Waals surface area contributed by atoms with Gasteiger partial charge in [-0.1, -0.05) is 12.1 Å². The van der Waals surface area contributed by atoms with Crippen LogP contribution in [0.4, 0.5) is 4.79 Å². The molecular weight excluding hydrogens is 398 g/mol. The molecule has 9 heteroatoms. The third kappa shape index (κ3) is 3.63. The van der Waals surface area contributed by atoms with Crippen molar-refractivity contribution in [2.45, 2.75) is 24.6 Å². The van der Waals surface area contributed by atoms with Crippen molar-refractivity contribution >= 4 is 49.4 Å². The Morgan fingerprint density at radius 3 is 2.93 bits per heavy atom. The van der Waals surface area contributed by atoms with Gasteiger partial charge in [-0.3, -0.25) is 13.8 Å². The van der Waals surface area contributed by atoms with Crippen molar-refractivity contribution in [1.82, 2.24) is 14.5 Å². The molecule has 7 nitrogen and oxygen atoms in total. The molecule has 144 valence electrons. The van der Waals surface area contributed by atoms with Gasteiger partial charge in [0.15, 0.2) is 6.73 Å². The Balaban J connectivity index is 1.67. The summed E-state index contributed by atoms with van der Waals surface area (Å²) in [6, 6.07) is 11.3. The van der Waals surface area contributed by atoms with Crippen molar-refractivity contribution in [1.29, 1.82) is 0 Å². The zero-order chi connectivity index (χ0) is 19.5. The van der Waals surface area contributed by atoms with Crippen LogP contribution in [0.25, 0.3) is 21.1 Å². The lowest BCUT2D eigenvalue weighted by Crippen LogP contribution is -2.14. The van der Waals surface area contributed by atoms with E-state index in [-0.39, 0.29) is 19.1 Å². The highest BCUT2D eigenvalue weighted by Gasteiger charge is 2.19. The van der Waals surface area contributed by atoms with Crippen LogP contribution in [-0.2, 0) is 32.8 Å². The van der Waals surface area contributed by atoms with Crippen LogP contribution in [0.15, 0.2) is 53.1 Å². The predicted octanol–water partition coefficient (Wildman–Crippen LogP) is 4.08. The summed E-state index contributed by atoms with van der Waals surface area (Å²) >= 11 is 1.57. The fourth-order valence-corrected chi connectivity index (χ4v) is 5.04. The van der Waals surface area contributed by atoms with E-state index in [9.17, 15) is 9.00 Å². The number of aromatic nitrogens is 3. The van der Waals surface area contributed by atoms with Gasteiger partial charge < -0.3 is 9.47 Å². The van der Waals surface area contributed by atoms with E-state index in [0.29, 0.717) is 10.7 Å². The average molecular weight is 415 g/mol. The number of para-hydroxylation sites is 2. The summed E-state index contributed by atoms with van der Waals surface area (Å²) < 4.78 is 25.8. The number of hydrogen-bond donors (Lipinski definition) is 0. The lowest BCUT2D eigenvalue weighted by atomic mass is 10.3. The Kier molecular flexibility index (Phi) is 5.36. The minimum Gasteiger partial charge on any atom is -0.435 e. The maximum Gasteiger partial charge on any atom is 0.510 e. The van der Waals surface area contributed by atoms with Crippen LogP contribution in [0.1, 0.15) is 12.6 Å². The number of rotatable bonds is 6. The number of pyridine rings is 1. The molecule has 0 fully saturated rings. The number of ether oxygens (including phenoxy) is 2. The highest BCUT2D eigenvalue weighted by atomic mass is 32.2. The number of fused-ring (bicyclic) bond motifs is 2. The van der Waals surface area contributed by atoms with Crippen LogP contribution < -0.4 is 0 Å². The summed E-state index contributed by atoms with van der Waals surface area (Å²) in [4.78, 5) is 20.5. The Bertz CT molecular complexity index is 1170. The minimum absolute atomic E-state index is 0.128. The first-order valence-corrected chi connectivity index (χ1v) is 10.8. The smallest absolute Gasteiger partial charge is 0.435 e. The van der Waals surface area contributed by atoms with Crippen LogP contribution in [0.2, 0.25) is 0 Å². The minimum atomic E-state index is -1.47. The van der Waals surface area contributed by atoms with E-state index < -0.39 is 17.0 Å². The molecule has 1 atom stereocenters. The van der Waals surface area contributed by atoms with Crippen LogP contribution in [0.3, 0.4) is 0 Å². The molecule has 0 N–H and O–H groups in total. The Morgan fingerprint density at radius 2 is 2.07 bits per heavy atom. The monoisotopic (exact) mass is 415 g/mol. The van der Waals surface area contributed by atoms with Gasteiger partial charge in [-0.2, -0.15) is 0 Å². The van der Waals surface area contributed by atoms with Crippen molar-refractivity contribution < 1.29 is 18.5 Å². The number of carbonyl (C=O) groups excluding carboxylic acids is 1. The van der Waals surface area contributed by atoms with Crippen LogP contribution in [0, 0.1) is 0 Å². The van der Waals surface area contributed by atoms with E-state index in [1.54, 1.807) is 29.0 Å². The summed E-state index contributed by atoms with van der Waals surface area (Å²) in [5.41, 5.74) is 2.17. The van der Waals surface area contributed by atoms with Gasteiger partial charge in [0.25, 0.3) is 0 Å². The van der Waals surface area contributed by atoms with Crippen molar-refractivity contribution in [2.75, 3.05) is 6.61 Å². The molecule has 0 saturated carbocycles. The summed E-state index contributed by atoms with van der Waals surface area (Å²) in [5, 5.41) is 3.40. The standard InChI is InChI=1S/C19H17N3O4S2/c1-2-25-19(23)26-12-22-16-6-4-3-5-14(16)21-18(22)28(24)11-15-17-13(7-9-20-15)8-10-27-17/h3-10H,2,11-12H2,1H3. The molecule has 1 aromatic carbocycles. The highest BCUT2D eigenvalue weighted by Crippen LogP contribution is 2.26. The Morgan fingerprint density at radius 1 is 1.21 bits per heavy atom. The lowest BCUT2D eigenvalue weighted by Gasteiger charge is -2.10. The summed E-state index contributed by atoms with van der Waals surface area (Å²) in [6.07, 6.45) is 0.941. The maximum atomic E-state index is 13.2. The molecule has 4 rings (SSSR count). The lowest BCUT2D eigenvalue weighted by molar-refractivity contribution is 0.0358. The van der Waals surface area contributed by atoms with Gasteiger partial charge in [-0.15, -0.1) is 11.3 Å². The quantitative estimate of drug-likeness (QED) is 0.441. The van der Waals surface area contributed by atoms with Gasteiger partial charge in [0, 0.05) is 6.20 Å². The van der Waals surface area contributed by atoms with E-state index in [1.807, 2.05) is 41.8 Å². The molecule has 0 amide bonds. The molecule has 28 heavy (non-hydrogen) atoms. The van der Waals surface area contributed by atoms with Crippen molar-refractivity contribution in [3.8, 4) is 0 Å². The molecule has 0 aliphatic rings. The van der Waals surface area contributed by atoms with Gasteiger partial charge in [0.05, 0.1) is 44.6 Å². The molecular formula is C19H17N3O4S2. The van der Waals surface area contributed by atoms with E-state index in [0.717, 1.165) is 21.3 Å². The average Bonchev–Trinajstić information content (AvgIpc) is 3.32. The molecule has 4 aromatic rings. The number of imidazole rings is 1. The van der Waals surface area contributed by atoms with Crippen LogP contribution in [0.5, 0.6) is 0 Å². The van der Waals surface area contributed by atoms with Gasteiger partial charge in [0.2, 0.25) is 5.16 Å². The van der Waals surface area contributed by atoms with Crippen LogP contribution in [-0.4, -0.2) is 31.5 Å². The topological polar surface area (TPSA) is 83.3 Å². The largest absolute Gasteiger partial charge is 0.510 e. The molecule has 0 bridgehead atoms. The normalized spacial score (nSPS) is 12.3. The molecule has 3 aromatic heterocycles. The fourth-order valence-electron chi connectivity index (χ4n) is 2.87. The third-order valence-electron chi connectivity index (χ3n) is 4.11. The van der Waals surface area contributed by atoms with Crippen LogP contribution >= 0.6 is 11.3 Å². The molecule has 0 aliphatic carbocycles. The summed E-state index contributed by atoms with van der Waals surface area (Å²) in [7, 11) is -1.47. The van der Waals surface area contributed by atoms with E-state index in [4.69, 9.17) is 9.47 Å². The first-order chi connectivity index (χ1) is 13.7. The Hall–Kier alpha value is -2.78. The van der Waals surface area contributed by atoms with Gasteiger partial charge in [-0.25, -0.2) is 9.78 Å². The van der Waals surface area contributed by atoms with E-state index in [2.05, 4.69) is 9.97 Å².